The highest BCUT2D eigenvalue weighted by atomic mass is 32.2. The lowest BCUT2D eigenvalue weighted by atomic mass is 9.94. The van der Waals surface area contributed by atoms with Crippen molar-refractivity contribution in [3.8, 4) is 21.8 Å². The highest BCUT2D eigenvalue weighted by Gasteiger charge is 2.31. The predicted molar refractivity (Wildman–Crippen MR) is 115 cm³/mol. The molecule has 0 aliphatic carbocycles. The molecular weight excluding hydrogens is 388 g/mol. The molecule has 2 atom stereocenters. The monoisotopic (exact) mass is 412 g/mol. The van der Waals surface area contributed by atoms with E-state index in [9.17, 15) is 8.42 Å². The molecule has 1 saturated heterocycles. The van der Waals surface area contributed by atoms with Crippen molar-refractivity contribution in [2.75, 3.05) is 13.1 Å². The molecule has 3 aromatic rings. The highest BCUT2D eigenvalue weighted by molar-refractivity contribution is 7.89. The van der Waals surface area contributed by atoms with Crippen LogP contribution in [0, 0.1) is 11.8 Å². The number of rotatable bonds is 4. The second kappa shape index (κ2) is 7.78. The topological polar surface area (TPSA) is 50.3 Å². The Hall–Kier alpha value is -2.02. The largest absolute Gasteiger partial charge is 0.243 e. The summed E-state index contributed by atoms with van der Waals surface area (Å²) in [5, 5.41) is 2.92. The van der Waals surface area contributed by atoms with Gasteiger partial charge in [-0.1, -0.05) is 56.3 Å². The number of thiazole rings is 1. The van der Waals surface area contributed by atoms with E-state index in [-0.39, 0.29) is 0 Å². The van der Waals surface area contributed by atoms with Gasteiger partial charge < -0.3 is 0 Å². The van der Waals surface area contributed by atoms with Crippen LogP contribution in [0.1, 0.15) is 20.3 Å². The van der Waals surface area contributed by atoms with Crippen LogP contribution < -0.4 is 0 Å². The van der Waals surface area contributed by atoms with Crippen molar-refractivity contribution >= 4 is 21.4 Å². The second-order valence-corrected chi connectivity index (χ2v) is 10.5. The van der Waals surface area contributed by atoms with E-state index in [4.69, 9.17) is 4.98 Å². The molecule has 0 radical (unpaired) electrons. The summed E-state index contributed by atoms with van der Waals surface area (Å²) in [6, 6.07) is 17.2. The molecule has 1 fully saturated rings. The molecule has 28 heavy (non-hydrogen) atoms. The van der Waals surface area contributed by atoms with Crippen molar-refractivity contribution in [3.05, 3.63) is 60.0 Å². The molecule has 146 valence electrons. The van der Waals surface area contributed by atoms with E-state index in [0.29, 0.717) is 29.8 Å². The highest BCUT2D eigenvalue weighted by Crippen LogP contribution is 2.31. The van der Waals surface area contributed by atoms with Gasteiger partial charge in [0, 0.05) is 29.6 Å². The first-order chi connectivity index (χ1) is 13.4. The minimum Gasteiger partial charge on any atom is -0.236 e. The van der Waals surface area contributed by atoms with Crippen LogP contribution in [0.4, 0.5) is 0 Å². The van der Waals surface area contributed by atoms with Crippen LogP contribution in [0.15, 0.2) is 64.9 Å². The van der Waals surface area contributed by atoms with Crippen LogP contribution in [0.25, 0.3) is 21.8 Å². The average molecular weight is 413 g/mol. The number of nitrogens with zero attached hydrogens (tertiary/aromatic N) is 2. The Balaban J connectivity index is 1.64. The minimum atomic E-state index is -3.49. The summed E-state index contributed by atoms with van der Waals surface area (Å²) in [5.74, 6) is 0.766. The van der Waals surface area contributed by atoms with E-state index >= 15 is 0 Å². The zero-order valence-electron chi connectivity index (χ0n) is 16.1. The number of aromatic nitrogens is 1. The van der Waals surface area contributed by atoms with Crippen molar-refractivity contribution in [3.63, 3.8) is 0 Å². The van der Waals surface area contributed by atoms with Crippen molar-refractivity contribution in [2.45, 2.75) is 25.2 Å². The van der Waals surface area contributed by atoms with Gasteiger partial charge in [-0.25, -0.2) is 13.4 Å². The molecule has 0 spiro atoms. The van der Waals surface area contributed by atoms with Gasteiger partial charge in [0.25, 0.3) is 0 Å². The molecule has 1 aromatic heterocycles. The van der Waals surface area contributed by atoms with Gasteiger partial charge in [-0.05, 0) is 30.4 Å². The van der Waals surface area contributed by atoms with Gasteiger partial charge >= 0.3 is 0 Å². The fraction of sp³-hybridized carbons (Fsp3) is 0.318. The van der Waals surface area contributed by atoms with Gasteiger partial charge in [0.1, 0.15) is 5.01 Å². The first-order valence-electron chi connectivity index (χ1n) is 9.55. The molecule has 0 N–H and O–H groups in total. The van der Waals surface area contributed by atoms with Gasteiger partial charge in [0.2, 0.25) is 10.0 Å². The quantitative estimate of drug-likeness (QED) is 0.596. The van der Waals surface area contributed by atoms with E-state index in [1.165, 1.54) is 0 Å². The molecule has 1 aliphatic rings. The normalized spacial score (nSPS) is 20.9. The lowest BCUT2D eigenvalue weighted by Gasteiger charge is -2.34. The summed E-state index contributed by atoms with van der Waals surface area (Å²) in [4.78, 5) is 5.07. The van der Waals surface area contributed by atoms with E-state index in [2.05, 4.69) is 13.8 Å². The second-order valence-electron chi connectivity index (χ2n) is 7.70. The van der Waals surface area contributed by atoms with Crippen LogP contribution in [0.5, 0.6) is 0 Å². The predicted octanol–water partition coefficient (Wildman–Crippen LogP) is 5.14. The molecule has 0 saturated carbocycles. The SMILES string of the molecule is C[C@H]1C[C@H](C)CN(S(=O)(=O)c2cccc(-c3csc(-c4ccccc4)n3)c2)C1. The molecule has 0 bridgehead atoms. The van der Waals surface area contributed by atoms with E-state index in [1.54, 1.807) is 33.8 Å². The number of hydrogen-bond donors (Lipinski definition) is 0. The Morgan fingerprint density at radius 2 is 1.64 bits per heavy atom. The van der Waals surface area contributed by atoms with Crippen LogP contribution in [0.2, 0.25) is 0 Å². The third kappa shape index (κ3) is 3.90. The van der Waals surface area contributed by atoms with Crippen LogP contribution >= 0.6 is 11.3 Å². The van der Waals surface area contributed by atoms with Gasteiger partial charge in [-0.15, -0.1) is 11.3 Å². The number of benzene rings is 2. The fourth-order valence-electron chi connectivity index (χ4n) is 3.89. The summed E-state index contributed by atoms with van der Waals surface area (Å²) >= 11 is 1.57. The maximum atomic E-state index is 13.2. The van der Waals surface area contributed by atoms with E-state index in [0.717, 1.165) is 28.2 Å². The van der Waals surface area contributed by atoms with E-state index < -0.39 is 10.0 Å². The van der Waals surface area contributed by atoms with Crippen molar-refractivity contribution in [2.24, 2.45) is 11.8 Å². The summed E-state index contributed by atoms with van der Waals surface area (Å²) in [6.45, 7) is 5.42. The van der Waals surface area contributed by atoms with Crippen molar-refractivity contribution in [1.82, 2.24) is 9.29 Å². The molecule has 4 nitrogen and oxygen atoms in total. The van der Waals surface area contributed by atoms with Gasteiger partial charge in [0.15, 0.2) is 0 Å². The first kappa shape index (κ1) is 19.3. The lowest BCUT2D eigenvalue weighted by molar-refractivity contribution is 0.222. The molecule has 2 heterocycles. The standard InChI is InChI=1S/C22H24N2O2S2/c1-16-11-17(2)14-24(13-16)28(25,26)20-10-6-9-19(12-20)21-15-27-22(23-21)18-7-4-3-5-8-18/h3-10,12,15-17H,11,13-14H2,1-2H3/t16-,17-/m0/s1. The Bertz CT molecular complexity index is 1050. The lowest BCUT2D eigenvalue weighted by Crippen LogP contribution is -2.42. The average Bonchev–Trinajstić information content (AvgIpc) is 3.18. The molecular formula is C22H24N2O2S2. The smallest absolute Gasteiger partial charge is 0.236 e. The molecule has 1 aliphatic heterocycles. The molecule has 2 aromatic carbocycles. The Kier molecular flexibility index (Phi) is 5.36. The third-order valence-corrected chi connectivity index (χ3v) is 7.85. The van der Waals surface area contributed by atoms with Gasteiger partial charge in [0.05, 0.1) is 10.6 Å². The summed E-state index contributed by atoms with van der Waals surface area (Å²) in [6.07, 6.45) is 1.08. The molecule has 0 amide bonds. The summed E-state index contributed by atoms with van der Waals surface area (Å²) in [5.41, 5.74) is 2.71. The Labute approximate surface area is 170 Å². The Morgan fingerprint density at radius 1 is 0.964 bits per heavy atom. The van der Waals surface area contributed by atoms with Gasteiger partial charge in [-0.2, -0.15) is 4.31 Å². The minimum absolute atomic E-state index is 0.348. The maximum Gasteiger partial charge on any atom is 0.243 e. The van der Waals surface area contributed by atoms with E-state index in [1.807, 2.05) is 41.8 Å². The molecule has 0 unspecified atom stereocenters. The van der Waals surface area contributed by atoms with Crippen LogP contribution in [0.3, 0.4) is 0 Å². The van der Waals surface area contributed by atoms with Crippen molar-refractivity contribution < 1.29 is 8.42 Å². The number of piperidine rings is 1. The molecule has 4 rings (SSSR count). The zero-order valence-corrected chi connectivity index (χ0v) is 17.7. The van der Waals surface area contributed by atoms with Crippen LogP contribution in [-0.2, 0) is 10.0 Å². The molecule has 6 heteroatoms. The number of hydrogen-bond acceptors (Lipinski definition) is 4. The van der Waals surface area contributed by atoms with Crippen LogP contribution in [-0.4, -0.2) is 30.8 Å². The Morgan fingerprint density at radius 3 is 2.36 bits per heavy atom. The fourth-order valence-corrected chi connectivity index (χ4v) is 6.45. The summed E-state index contributed by atoms with van der Waals surface area (Å²) in [7, 11) is -3.49. The van der Waals surface area contributed by atoms with Crippen molar-refractivity contribution in [1.29, 1.82) is 0 Å². The van der Waals surface area contributed by atoms with Gasteiger partial charge in [-0.3, -0.25) is 0 Å². The maximum absolute atomic E-state index is 13.2. The first-order valence-corrected chi connectivity index (χ1v) is 11.9. The third-order valence-electron chi connectivity index (χ3n) is 5.13. The zero-order chi connectivity index (χ0) is 19.7. The number of sulfonamides is 1. The summed E-state index contributed by atoms with van der Waals surface area (Å²) < 4.78 is 28.0.